The number of hydrogen-bond acceptors (Lipinski definition) is 5. The summed E-state index contributed by atoms with van der Waals surface area (Å²) in [6.45, 7) is 1.92. The molecule has 0 saturated heterocycles. The van der Waals surface area contributed by atoms with Crippen LogP contribution in [0.1, 0.15) is 37.2 Å². The topological polar surface area (TPSA) is 93.3 Å². The molecule has 3 aromatic rings. The van der Waals surface area contributed by atoms with E-state index in [4.69, 9.17) is 9.47 Å². The monoisotopic (exact) mass is 395 g/mol. The molecule has 2 aromatic carbocycles. The van der Waals surface area contributed by atoms with Gasteiger partial charge < -0.3 is 19.8 Å². The second-order valence-electron chi connectivity index (χ2n) is 6.79. The van der Waals surface area contributed by atoms with E-state index in [1.165, 1.54) is 0 Å². The van der Waals surface area contributed by atoms with Crippen molar-refractivity contribution in [3.63, 3.8) is 0 Å². The molecular formula is C22H25N3O4. The summed E-state index contributed by atoms with van der Waals surface area (Å²) in [5, 5.41) is 3.55. The van der Waals surface area contributed by atoms with Crippen molar-refractivity contribution in [1.29, 1.82) is 0 Å². The van der Waals surface area contributed by atoms with Gasteiger partial charge in [-0.1, -0.05) is 18.2 Å². The minimum atomic E-state index is -0.166. The van der Waals surface area contributed by atoms with Crippen LogP contribution in [-0.4, -0.2) is 30.1 Å². The highest BCUT2D eigenvalue weighted by molar-refractivity contribution is 5.77. The highest BCUT2D eigenvalue weighted by atomic mass is 16.5. The van der Waals surface area contributed by atoms with Crippen molar-refractivity contribution in [3.05, 3.63) is 64.2 Å². The maximum absolute atomic E-state index is 12.3. The molecule has 0 aliphatic rings. The molecule has 2 N–H and O–H groups in total. The molecular weight excluding hydrogens is 370 g/mol. The third-order valence-corrected chi connectivity index (χ3v) is 4.76. The van der Waals surface area contributed by atoms with E-state index in [0.29, 0.717) is 47.5 Å². The van der Waals surface area contributed by atoms with Crippen LogP contribution in [0.25, 0.3) is 10.9 Å². The first-order valence-electron chi connectivity index (χ1n) is 9.51. The first-order chi connectivity index (χ1) is 14.0. The zero-order valence-electron chi connectivity index (χ0n) is 16.8. The Balaban J connectivity index is 1.55. The summed E-state index contributed by atoms with van der Waals surface area (Å²) in [5.41, 5.74) is 1.44. The van der Waals surface area contributed by atoms with Gasteiger partial charge in [0.15, 0.2) is 11.5 Å². The molecule has 0 spiro atoms. The van der Waals surface area contributed by atoms with Crippen molar-refractivity contribution < 1.29 is 14.3 Å². The van der Waals surface area contributed by atoms with E-state index in [1.54, 1.807) is 20.3 Å². The number of aromatic amines is 1. The van der Waals surface area contributed by atoms with E-state index in [2.05, 4.69) is 15.3 Å². The number of nitrogens with zero attached hydrogens (tertiary/aromatic N) is 1. The van der Waals surface area contributed by atoms with Crippen LogP contribution >= 0.6 is 0 Å². The number of aromatic nitrogens is 2. The first-order valence-corrected chi connectivity index (χ1v) is 9.51. The molecule has 0 saturated carbocycles. The summed E-state index contributed by atoms with van der Waals surface area (Å²) >= 11 is 0. The SMILES string of the molecule is COc1ccc(C(C)NC(=O)CCCc2nc3ccccc3c(=O)[nH]2)cc1OC. The lowest BCUT2D eigenvalue weighted by atomic mass is 10.1. The van der Waals surface area contributed by atoms with Gasteiger partial charge in [-0.25, -0.2) is 4.98 Å². The molecule has 0 fully saturated rings. The van der Waals surface area contributed by atoms with Crippen LogP contribution < -0.4 is 20.3 Å². The quantitative estimate of drug-likeness (QED) is 0.611. The number of carbonyl (C=O) groups excluding carboxylic acids is 1. The Labute approximate surface area is 169 Å². The van der Waals surface area contributed by atoms with Gasteiger partial charge in [0.2, 0.25) is 5.91 Å². The van der Waals surface area contributed by atoms with Crippen LogP contribution in [0.4, 0.5) is 0 Å². The van der Waals surface area contributed by atoms with Crippen LogP contribution in [0, 0.1) is 0 Å². The predicted octanol–water partition coefficient (Wildman–Crippen LogP) is 3.14. The lowest BCUT2D eigenvalue weighted by Gasteiger charge is -2.16. The number of methoxy groups -OCH3 is 2. The number of para-hydroxylation sites is 1. The number of benzene rings is 2. The molecule has 0 bridgehead atoms. The van der Waals surface area contributed by atoms with Gasteiger partial charge in [0.1, 0.15) is 5.82 Å². The van der Waals surface area contributed by atoms with Crippen molar-refractivity contribution in [2.75, 3.05) is 14.2 Å². The second kappa shape index (κ2) is 9.23. The highest BCUT2D eigenvalue weighted by Crippen LogP contribution is 2.29. The van der Waals surface area contributed by atoms with E-state index in [1.807, 2.05) is 43.3 Å². The molecule has 0 radical (unpaired) electrons. The van der Waals surface area contributed by atoms with E-state index in [0.717, 1.165) is 5.56 Å². The average Bonchev–Trinajstić information content (AvgIpc) is 2.73. The fourth-order valence-electron chi connectivity index (χ4n) is 3.19. The fraction of sp³-hybridized carbons (Fsp3) is 0.318. The maximum Gasteiger partial charge on any atom is 0.258 e. The molecule has 0 aliphatic heterocycles. The number of H-pyrrole nitrogens is 1. The van der Waals surface area contributed by atoms with Crippen molar-refractivity contribution in [1.82, 2.24) is 15.3 Å². The van der Waals surface area contributed by atoms with Gasteiger partial charge in [0.25, 0.3) is 5.56 Å². The second-order valence-corrected chi connectivity index (χ2v) is 6.79. The van der Waals surface area contributed by atoms with E-state index in [-0.39, 0.29) is 17.5 Å². The number of hydrogen-bond donors (Lipinski definition) is 2. The summed E-state index contributed by atoms with van der Waals surface area (Å²) in [6, 6.07) is 12.6. The minimum Gasteiger partial charge on any atom is -0.493 e. The summed E-state index contributed by atoms with van der Waals surface area (Å²) in [7, 11) is 3.16. The number of rotatable bonds is 8. The number of amides is 1. The largest absolute Gasteiger partial charge is 0.493 e. The molecule has 7 heteroatoms. The standard InChI is InChI=1S/C22H25N3O4/c1-14(15-11-12-18(28-2)19(13-15)29-3)23-21(26)10-6-9-20-24-17-8-5-4-7-16(17)22(27)25-20/h4-5,7-8,11-14H,6,9-10H2,1-3H3,(H,23,26)(H,24,25,27). The molecule has 1 amide bonds. The number of nitrogens with one attached hydrogen (secondary N) is 2. The molecule has 1 unspecified atom stereocenters. The van der Waals surface area contributed by atoms with Crippen molar-refractivity contribution in [2.45, 2.75) is 32.2 Å². The van der Waals surface area contributed by atoms with Crippen molar-refractivity contribution in [2.24, 2.45) is 0 Å². The smallest absolute Gasteiger partial charge is 0.258 e. The molecule has 1 heterocycles. The molecule has 1 aromatic heterocycles. The molecule has 3 rings (SSSR count). The third-order valence-electron chi connectivity index (χ3n) is 4.76. The lowest BCUT2D eigenvalue weighted by Crippen LogP contribution is -2.26. The number of ether oxygens (including phenoxy) is 2. The van der Waals surface area contributed by atoms with E-state index in [9.17, 15) is 9.59 Å². The molecule has 7 nitrogen and oxygen atoms in total. The molecule has 152 valence electrons. The van der Waals surface area contributed by atoms with Crippen LogP contribution in [0.5, 0.6) is 11.5 Å². The van der Waals surface area contributed by atoms with Gasteiger partial charge in [-0.05, 0) is 43.2 Å². The molecule has 29 heavy (non-hydrogen) atoms. The van der Waals surface area contributed by atoms with Crippen LogP contribution in [0.15, 0.2) is 47.3 Å². The number of fused-ring (bicyclic) bond motifs is 1. The Kier molecular flexibility index (Phi) is 6.49. The zero-order valence-corrected chi connectivity index (χ0v) is 16.8. The Morgan fingerprint density at radius 3 is 2.66 bits per heavy atom. The van der Waals surface area contributed by atoms with Crippen LogP contribution in [-0.2, 0) is 11.2 Å². The first kappa shape index (κ1) is 20.4. The number of carbonyl (C=O) groups is 1. The van der Waals surface area contributed by atoms with E-state index < -0.39 is 0 Å². The van der Waals surface area contributed by atoms with Crippen molar-refractivity contribution >= 4 is 16.8 Å². The van der Waals surface area contributed by atoms with Gasteiger partial charge in [0.05, 0.1) is 31.2 Å². The normalized spacial score (nSPS) is 11.8. The van der Waals surface area contributed by atoms with Crippen LogP contribution in [0.2, 0.25) is 0 Å². The van der Waals surface area contributed by atoms with Gasteiger partial charge in [-0.3, -0.25) is 9.59 Å². The molecule has 1 atom stereocenters. The summed E-state index contributed by atoms with van der Waals surface area (Å²) in [4.78, 5) is 31.7. The maximum atomic E-state index is 12.3. The van der Waals surface area contributed by atoms with Gasteiger partial charge in [0, 0.05) is 12.8 Å². The Morgan fingerprint density at radius 2 is 1.90 bits per heavy atom. The van der Waals surface area contributed by atoms with Gasteiger partial charge >= 0.3 is 0 Å². The minimum absolute atomic E-state index is 0.0598. The lowest BCUT2D eigenvalue weighted by molar-refractivity contribution is -0.121. The van der Waals surface area contributed by atoms with E-state index >= 15 is 0 Å². The van der Waals surface area contributed by atoms with Gasteiger partial charge in [-0.15, -0.1) is 0 Å². The third kappa shape index (κ3) is 4.93. The Morgan fingerprint density at radius 1 is 1.14 bits per heavy atom. The summed E-state index contributed by atoms with van der Waals surface area (Å²) < 4.78 is 10.6. The van der Waals surface area contributed by atoms with Crippen LogP contribution in [0.3, 0.4) is 0 Å². The zero-order chi connectivity index (χ0) is 20.8. The summed E-state index contributed by atoms with van der Waals surface area (Å²) in [6.07, 6.45) is 1.46. The highest BCUT2D eigenvalue weighted by Gasteiger charge is 2.13. The Hall–Kier alpha value is -3.35. The summed E-state index contributed by atoms with van der Waals surface area (Å²) in [5.74, 6) is 1.80. The Bertz CT molecular complexity index is 1060. The van der Waals surface area contributed by atoms with Crippen molar-refractivity contribution in [3.8, 4) is 11.5 Å². The number of aryl methyl sites for hydroxylation is 1. The predicted molar refractivity (Wildman–Crippen MR) is 111 cm³/mol. The van der Waals surface area contributed by atoms with Gasteiger partial charge in [-0.2, -0.15) is 0 Å². The average molecular weight is 395 g/mol. The molecule has 0 aliphatic carbocycles. The fourth-order valence-corrected chi connectivity index (χ4v) is 3.19.